The minimum absolute atomic E-state index is 0.00389. The highest BCUT2D eigenvalue weighted by Gasteiger charge is 2.13. The zero-order chi connectivity index (χ0) is 16.2. The second-order valence-electron chi connectivity index (χ2n) is 4.30. The molecule has 0 aliphatic heterocycles. The van der Waals surface area contributed by atoms with Crippen LogP contribution in [0.1, 0.15) is 0 Å². The number of hydrogen-bond acceptors (Lipinski definition) is 6. The fourth-order valence-electron chi connectivity index (χ4n) is 1.66. The summed E-state index contributed by atoms with van der Waals surface area (Å²) in [6.07, 6.45) is 0. The maximum Gasteiger partial charge on any atom is 0.322 e. The summed E-state index contributed by atoms with van der Waals surface area (Å²) in [6.45, 7) is -0.252. The minimum Gasteiger partial charge on any atom is -0.482 e. The zero-order valence-electron chi connectivity index (χ0n) is 11.5. The third-order valence-corrected chi connectivity index (χ3v) is 4.04. The van der Waals surface area contributed by atoms with Crippen molar-refractivity contribution < 1.29 is 13.9 Å². The summed E-state index contributed by atoms with van der Waals surface area (Å²) in [5.74, 6) is 0.255. The van der Waals surface area contributed by atoms with E-state index in [0.29, 0.717) is 21.7 Å². The zero-order valence-corrected chi connectivity index (χ0v) is 13.8. The number of nitrogens with one attached hydrogen (secondary N) is 1. The molecular weight excluding hydrogens is 361 g/mol. The van der Waals surface area contributed by atoms with Crippen LogP contribution in [0.3, 0.4) is 0 Å². The Balaban J connectivity index is 1.57. The van der Waals surface area contributed by atoms with E-state index in [1.807, 2.05) is 17.5 Å². The summed E-state index contributed by atoms with van der Waals surface area (Å²) in [6, 6.07) is 8.44. The Morgan fingerprint density at radius 2 is 2.17 bits per heavy atom. The molecule has 0 unspecified atom stereocenters. The molecule has 2 heterocycles. The molecule has 0 radical (unpaired) electrons. The van der Waals surface area contributed by atoms with Crippen molar-refractivity contribution in [2.45, 2.75) is 0 Å². The Hall–Kier alpha value is -2.09. The first-order valence-electron chi connectivity index (χ1n) is 6.37. The lowest BCUT2D eigenvalue weighted by molar-refractivity contribution is -0.118. The van der Waals surface area contributed by atoms with E-state index in [-0.39, 0.29) is 12.6 Å². The van der Waals surface area contributed by atoms with Gasteiger partial charge < -0.3 is 9.15 Å². The molecule has 3 rings (SSSR count). The SMILES string of the molecule is O=C(COc1ccc(Cl)cc1Cl)Nc1nnc(-c2cccs2)o1. The Morgan fingerprint density at radius 1 is 1.30 bits per heavy atom. The van der Waals surface area contributed by atoms with Gasteiger partial charge in [-0.1, -0.05) is 34.4 Å². The van der Waals surface area contributed by atoms with Gasteiger partial charge >= 0.3 is 6.01 Å². The van der Waals surface area contributed by atoms with Crippen LogP contribution in [0.5, 0.6) is 5.75 Å². The van der Waals surface area contributed by atoms with Crippen LogP contribution >= 0.6 is 34.5 Å². The van der Waals surface area contributed by atoms with Crippen molar-refractivity contribution in [1.29, 1.82) is 0 Å². The number of rotatable bonds is 5. The number of hydrogen-bond donors (Lipinski definition) is 1. The summed E-state index contributed by atoms with van der Waals surface area (Å²) in [5.41, 5.74) is 0. The van der Waals surface area contributed by atoms with E-state index in [2.05, 4.69) is 15.5 Å². The van der Waals surface area contributed by atoms with Gasteiger partial charge in [0.2, 0.25) is 0 Å². The minimum atomic E-state index is -0.447. The van der Waals surface area contributed by atoms with E-state index < -0.39 is 5.91 Å². The Bertz CT molecular complexity index is 821. The van der Waals surface area contributed by atoms with Crippen LogP contribution in [-0.2, 0) is 4.79 Å². The van der Waals surface area contributed by atoms with Gasteiger partial charge in [0.15, 0.2) is 6.61 Å². The van der Waals surface area contributed by atoms with Crippen molar-refractivity contribution in [3.8, 4) is 16.5 Å². The number of amides is 1. The molecule has 0 fully saturated rings. The summed E-state index contributed by atoms with van der Waals surface area (Å²) in [5, 5.41) is 12.8. The molecule has 0 atom stereocenters. The van der Waals surface area contributed by atoms with Gasteiger partial charge in [-0.05, 0) is 29.6 Å². The van der Waals surface area contributed by atoms with Crippen molar-refractivity contribution in [3.63, 3.8) is 0 Å². The van der Waals surface area contributed by atoms with E-state index in [4.69, 9.17) is 32.4 Å². The lowest BCUT2D eigenvalue weighted by Crippen LogP contribution is -2.20. The number of anilines is 1. The predicted molar refractivity (Wildman–Crippen MR) is 88.2 cm³/mol. The van der Waals surface area contributed by atoms with Crippen LogP contribution in [0.25, 0.3) is 10.8 Å². The second-order valence-corrected chi connectivity index (χ2v) is 6.09. The Kier molecular flexibility index (Phi) is 4.80. The van der Waals surface area contributed by atoms with E-state index in [0.717, 1.165) is 4.88 Å². The van der Waals surface area contributed by atoms with Crippen molar-refractivity contribution in [1.82, 2.24) is 10.2 Å². The number of carbonyl (C=O) groups is 1. The number of aromatic nitrogens is 2. The predicted octanol–water partition coefficient (Wildman–Crippen LogP) is 4.12. The van der Waals surface area contributed by atoms with Crippen LogP contribution in [0.2, 0.25) is 10.0 Å². The number of carbonyl (C=O) groups excluding carboxylic acids is 1. The standard InChI is InChI=1S/C14H9Cl2N3O3S/c15-8-3-4-10(9(16)6-8)21-7-12(20)17-14-19-18-13(22-14)11-2-1-5-23-11/h1-6H,7H2,(H,17,19,20). The van der Waals surface area contributed by atoms with Crippen LogP contribution in [0.15, 0.2) is 40.1 Å². The highest BCUT2D eigenvalue weighted by Crippen LogP contribution is 2.27. The summed E-state index contributed by atoms with van der Waals surface area (Å²) in [4.78, 5) is 12.7. The molecule has 0 spiro atoms. The highest BCUT2D eigenvalue weighted by molar-refractivity contribution is 7.13. The smallest absolute Gasteiger partial charge is 0.322 e. The third kappa shape index (κ3) is 4.01. The largest absolute Gasteiger partial charge is 0.482 e. The van der Waals surface area contributed by atoms with E-state index in [1.165, 1.54) is 17.4 Å². The number of thiophene rings is 1. The van der Waals surface area contributed by atoms with Gasteiger partial charge in [-0.15, -0.1) is 16.4 Å². The highest BCUT2D eigenvalue weighted by atomic mass is 35.5. The molecule has 2 aromatic heterocycles. The molecular formula is C14H9Cl2N3O3S. The van der Waals surface area contributed by atoms with Crippen LogP contribution in [0.4, 0.5) is 6.01 Å². The van der Waals surface area contributed by atoms with Crippen LogP contribution in [-0.4, -0.2) is 22.7 Å². The summed E-state index contributed by atoms with van der Waals surface area (Å²) in [7, 11) is 0. The van der Waals surface area contributed by atoms with Crippen LogP contribution in [0, 0.1) is 0 Å². The monoisotopic (exact) mass is 369 g/mol. The first-order chi connectivity index (χ1) is 11.1. The van der Waals surface area contributed by atoms with Gasteiger partial charge in [0.1, 0.15) is 5.75 Å². The molecule has 0 saturated heterocycles. The number of ether oxygens (including phenoxy) is 1. The lowest BCUT2D eigenvalue weighted by Gasteiger charge is -2.07. The molecule has 0 aliphatic carbocycles. The maximum atomic E-state index is 11.8. The molecule has 1 amide bonds. The van der Waals surface area contributed by atoms with Gasteiger partial charge in [-0.25, -0.2) is 0 Å². The van der Waals surface area contributed by atoms with Crippen molar-refractivity contribution in [2.75, 3.05) is 11.9 Å². The average molecular weight is 370 g/mol. The molecule has 0 aliphatic rings. The van der Waals surface area contributed by atoms with Crippen LogP contribution < -0.4 is 10.1 Å². The molecule has 0 bridgehead atoms. The molecule has 3 aromatic rings. The number of benzene rings is 1. The van der Waals surface area contributed by atoms with Gasteiger partial charge in [-0.2, -0.15) is 0 Å². The third-order valence-electron chi connectivity index (χ3n) is 2.66. The first-order valence-corrected chi connectivity index (χ1v) is 8.00. The maximum absolute atomic E-state index is 11.8. The molecule has 1 aromatic carbocycles. The topological polar surface area (TPSA) is 77.2 Å². The fraction of sp³-hybridized carbons (Fsp3) is 0.0714. The number of nitrogens with zero attached hydrogens (tertiary/aromatic N) is 2. The lowest BCUT2D eigenvalue weighted by atomic mass is 10.3. The summed E-state index contributed by atoms with van der Waals surface area (Å²) >= 11 is 13.2. The van der Waals surface area contributed by atoms with E-state index >= 15 is 0 Å². The van der Waals surface area contributed by atoms with Gasteiger partial charge in [-0.3, -0.25) is 10.1 Å². The molecule has 0 saturated carbocycles. The Labute approximate surface area is 145 Å². The van der Waals surface area contributed by atoms with Gasteiger partial charge in [0, 0.05) is 5.02 Å². The van der Waals surface area contributed by atoms with Crippen molar-refractivity contribution >= 4 is 46.5 Å². The normalized spacial score (nSPS) is 10.5. The second kappa shape index (κ2) is 6.99. The first kappa shape index (κ1) is 15.8. The van der Waals surface area contributed by atoms with Crippen molar-refractivity contribution in [2.24, 2.45) is 0 Å². The van der Waals surface area contributed by atoms with Gasteiger partial charge in [0.05, 0.1) is 9.90 Å². The van der Waals surface area contributed by atoms with Crippen molar-refractivity contribution in [3.05, 3.63) is 45.8 Å². The Morgan fingerprint density at radius 3 is 2.91 bits per heavy atom. The fourth-order valence-corrected chi connectivity index (χ4v) is 2.77. The number of halogens is 2. The quantitative estimate of drug-likeness (QED) is 0.731. The van der Waals surface area contributed by atoms with Gasteiger partial charge in [0.25, 0.3) is 11.8 Å². The molecule has 9 heteroatoms. The molecule has 118 valence electrons. The van der Waals surface area contributed by atoms with E-state index in [1.54, 1.807) is 12.1 Å². The molecule has 23 heavy (non-hydrogen) atoms. The molecule has 1 N–H and O–H groups in total. The van der Waals surface area contributed by atoms with E-state index in [9.17, 15) is 4.79 Å². The molecule has 6 nitrogen and oxygen atoms in total. The average Bonchev–Trinajstić information content (AvgIpc) is 3.17. The summed E-state index contributed by atoms with van der Waals surface area (Å²) < 4.78 is 10.7.